The van der Waals surface area contributed by atoms with Crippen molar-refractivity contribution >= 4 is 32.3 Å². The van der Waals surface area contributed by atoms with Crippen molar-refractivity contribution in [3.63, 3.8) is 0 Å². The Morgan fingerprint density at radius 3 is 1.21 bits per heavy atom. The minimum Gasteiger partial charge on any atom is -0.497 e. The number of ether oxygens (including phenoxy) is 2. The first-order valence-electron chi connectivity index (χ1n) is 11.4. The van der Waals surface area contributed by atoms with Gasteiger partial charge in [-0.1, -0.05) is 60.7 Å². The summed E-state index contributed by atoms with van der Waals surface area (Å²) in [5, 5.41) is 7.21. The van der Waals surface area contributed by atoms with Gasteiger partial charge in [0.1, 0.15) is 11.5 Å². The van der Waals surface area contributed by atoms with Gasteiger partial charge in [-0.05, 0) is 103 Å². The third-order valence-corrected chi connectivity index (χ3v) is 6.60. The minimum absolute atomic E-state index is 0.874. The molecule has 0 atom stereocenters. The Morgan fingerprint density at radius 1 is 0.382 bits per heavy atom. The second-order valence-electron chi connectivity index (χ2n) is 8.60. The predicted molar refractivity (Wildman–Crippen MR) is 143 cm³/mol. The maximum Gasteiger partial charge on any atom is 0.119 e. The molecule has 6 rings (SSSR count). The number of hydrogen-bond donors (Lipinski definition) is 0. The van der Waals surface area contributed by atoms with Gasteiger partial charge in [-0.25, -0.2) is 0 Å². The molecule has 0 heterocycles. The Balaban J connectivity index is 1.57. The van der Waals surface area contributed by atoms with Crippen LogP contribution in [0.1, 0.15) is 0 Å². The van der Waals surface area contributed by atoms with E-state index in [1.807, 2.05) is 12.1 Å². The fourth-order valence-corrected chi connectivity index (χ4v) is 4.75. The molecular weight excluding hydrogens is 416 g/mol. The van der Waals surface area contributed by atoms with Crippen molar-refractivity contribution in [2.75, 3.05) is 14.2 Å². The molecule has 2 nitrogen and oxygen atoms in total. The topological polar surface area (TPSA) is 18.5 Å². The molecule has 34 heavy (non-hydrogen) atoms. The summed E-state index contributed by atoms with van der Waals surface area (Å²) in [6.07, 6.45) is 0. The summed E-state index contributed by atoms with van der Waals surface area (Å²) in [5.41, 5.74) is 4.86. The Kier molecular flexibility index (Phi) is 4.92. The minimum atomic E-state index is 0.874. The van der Waals surface area contributed by atoms with Gasteiger partial charge in [0.25, 0.3) is 0 Å². The van der Waals surface area contributed by atoms with Crippen molar-refractivity contribution in [3.05, 3.63) is 109 Å². The molecule has 0 amide bonds. The average molecular weight is 441 g/mol. The van der Waals surface area contributed by atoms with E-state index in [1.54, 1.807) is 14.2 Å². The summed E-state index contributed by atoms with van der Waals surface area (Å²) in [7, 11) is 3.41. The molecule has 6 aromatic rings. The van der Waals surface area contributed by atoms with E-state index < -0.39 is 0 Å². The summed E-state index contributed by atoms with van der Waals surface area (Å²) in [6, 6.07) is 39.0. The van der Waals surface area contributed by atoms with E-state index in [1.165, 1.54) is 54.6 Å². The molecule has 0 spiro atoms. The monoisotopic (exact) mass is 440 g/mol. The molecule has 0 aliphatic carbocycles. The first-order chi connectivity index (χ1) is 16.7. The molecule has 0 aliphatic heterocycles. The van der Waals surface area contributed by atoms with Crippen LogP contribution in [0.15, 0.2) is 109 Å². The van der Waals surface area contributed by atoms with Crippen LogP contribution in [-0.4, -0.2) is 14.2 Å². The summed E-state index contributed by atoms with van der Waals surface area (Å²) in [6.45, 7) is 0. The van der Waals surface area contributed by atoms with Crippen LogP contribution in [-0.2, 0) is 0 Å². The smallest absolute Gasteiger partial charge is 0.119 e. The first-order valence-corrected chi connectivity index (χ1v) is 11.4. The zero-order valence-corrected chi connectivity index (χ0v) is 19.2. The number of fused-ring (bicyclic) bond motifs is 3. The Hall–Kier alpha value is -4.30. The van der Waals surface area contributed by atoms with Gasteiger partial charge in [0.15, 0.2) is 0 Å². The molecule has 2 heteroatoms. The van der Waals surface area contributed by atoms with Crippen LogP contribution in [0.5, 0.6) is 11.5 Å². The predicted octanol–water partition coefficient (Wildman–Crippen LogP) is 8.50. The summed E-state index contributed by atoms with van der Waals surface area (Å²) < 4.78 is 10.8. The summed E-state index contributed by atoms with van der Waals surface area (Å²) >= 11 is 0. The molecule has 164 valence electrons. The van der Waals surface area contributed by atoms with Gasteiger partial charge in [-0.2, -0.15) is 0 Å². The van der Waals surface area contributed by atoms with Crippen LogP contribution in [0.3, 0.4) is 0 Å². The van der Waals surface area contributed by atoms with E-state index in [2.05, 4.69) is 97.1 Å². The lowest BCUT2D eigenvalue weighted by Gasteiger charge is -2.14. The van der Waals surface area contributed by atoms with Crippen molar-refractivity contribution in [1.82, 2.24) is 0 Å². The van der Waals surface area contributed by atoms with Gasteiger partial charge in [0.05, 0.1) is 14.2 Å². The highest BCUT2D eigenvalue weighted by molar-refractivity contribution is 6.00. The van der Waals surface area contributed by atoms with Gasteiger partial charge < -0.3 is 9.47 Å². The third kappa shape index (κ3) is 3.54. The normalized spacial score (nSPS) is 11.2. The Morgan fingerprint density at radius 2 is 0.765 bits per heavy atom. The van der Waals surface area contributed by atoms with Gasteiger partial charge in [0.2, 0.25) is 0 Å². The van der Waals surface area contributed by atoms with Crippen molar-refractivity contribution < 1.29 is 9.47 Å². The van der Waals surface area contributed by atoms with Crippen LogP contribution in [0.4, 0.5) is 0 Å². The molecule has 0 N–H and O–H groups in total. The molecule has 0 saturated carbocycles. The highest BCUT2D eigenvalue weighted by Gasteiger charge is 2.12. The van der Waals surface area contributed by atoms with E-state index in [9.17, 15) is 0 Å². The van der Waals surface area contributed by atoms with Crippen molar-refractivity contribution in [2.45, 2.75) is 0 Å². The lowest BCUT2D eigenvalue weighted by atomic mass is 9.90. The van der Waals surface area contributed by atoms with Crippen LogP contribution in [0.25, 0.3) is 54.6 Å². The molecule has 0 radical (unpaired) electrons. The van der Waals surface area contributed by atoms with Gasteiger partial charge in [-0.3, -0.25) is 0 Å². The van der Waals surface area contributed by atoms with Crippen molar-refractivity contribution in [1.29, 1.82) is 0 Å². The first kappa shape index (κ1) is 20.3. The largest absolute Gasteiger partial charge is 0.497 e. The molecule has 0 fully saturated rings. The maximum absolute atomic E-state index is 5.40. The van der Waals surface area contributed by atoms with Crippen LogP contribution >= 0.6 is 0 Å². The second kappa shape index (κ2) is 8.24. The lowest BCUT2D eigenvalue weighted by molar-refractivity contribution is 0.415. The molecule has 0 aromatic heterocycles. The lowest BCUT2D eigenvalue weighted by Crippen LogP contribution is -1.89. The van der Waals surface area contributed by atoms with E-state index in [0.717, 1.165) is 11.5 Å². The van der Waals surface area contributed by atoms with E-state index >= 15 is 0 Å². The van der Waals surface area contributed by atoms with Crippen LogP contribution in [0, 0.1) is 0 Å². The Bertz CT molecular complexity index is 1550. The highest BCUT2D eigenvalue weighted by atomic mass is 16.5. The maximum atomic E-state index is 5.40. The van der Waals surface area contributed by atoms with Crippen molar-refractivity contribution in [2.24, 2.45) is 0 Å². The molecule has 6 aromatic carbocycles. The zero-order chi connectivity index (χ0) is 23.1. The summed E-state index contributed by atoms with van der Waals surface area (Å²) in [5.74, 6) is 1.75. The fraction of sp³-hybridized carbons (Fsp3) is 0.0625. The second-order valence-corrected chi connectivity index (χ2v) is 8.60. The van der Waals surface area contributed by atoms with Gasteiger partial charge >= 0.3 is 0 Å². The van der Waals surface area contributed by atoms with E-state index in [-0.39, 0.29) is 0 Å². The third-order valence-electron chi connectivity index (χ3n) is 6.60. The fourth-order valence-electron chi connectivity index (χ4n) is 4.75. The quantitative estimate of drug-likeness (QED) is 0.274. The average Bonchev–Trinajstić information content (AvgIpc) is 2.91. The van der Waals surface area contributed by atoms with Crippen LogP contribution < -0.4 is 9.47 Å². The summed E-state index contributed by atoms with van der Waals surface area (Å²) in [4.78, 5) is 0. The molecule has 0 aliphatic rings. The van der Waals surface area contributed by atoms with Gasteiger partial charge in [0, 0.05) is 0 Å². The number of methoxy groups -OCH3 is 2. The molecule has 0 unspecified atom stereocenters. The Labute approximate surface area is 199 Å². The highest BCUT2D eigenvalue weighted by Crippen LogP contribution is 2.38. The van der Waals surface area contributed by atoms with Crippen molar-refractivity contribution in [3.8, 4) is 33.8 Å². The molecule has 0 bridgehead atoms. The molecule has 0 saturated heterocycles. The number of hydrogen-bond acceptors (Lipinski definition) is 2. The van der Waals surface area contributed by atoms with E-state index in [4.69, 9.17) is 9.47 Å². The standard InChI is InChI=1S/C32H24O2/c1-33-29-13-11-23-15-27(9-7-25(23)17-29)31-19-21-5-3-4-6-22(21)20-32(31)28-10-8-26-18-30(34-2)14-12-24(26)16-28/h3-20H,1-2H3. The zero-order valence-electron chi connectivity index (χ0n) is 19.2. The SMILES string of the molecule is COc1ccc2cc(-c3cc4ccccc4cc3-c3ccc4cc(OC)ccc4c3)ccc2c1. The number of benzene rings is 6. The number of rotatable bonds is 4. The molecular formula is C32H24O2. The van der Waals surface area contributed by atoms with Crippen LogP contribution in [0.2, 0.25) is 0 Å². The van der Waals surface area contributed by atoms with Gasteiger partial charge in [-0.15, -0.1) is 0 Å². The van der Waals surface area contributed by atoms with E-state index in [0.29, 0.717) is 0 Å².